The molecule has 0 bridgehead atoms. The van der Waals surface area contributed by atoms with E-state index in [9.17, 15) is 9.90 Å². The number of ether oxygens (including phenoxy) is 2. The third kappa shape index (κ3) is 5.61. The molecule has 0 radical (unpaired) electrons. The van der Waals surface area contributed by atoms with Crippen molar-refractivity contribution in [2.24, 2.45) is 0 Å². The van der Waals surface area contributed by atoms with E-state index in [0.29, 0.717) is 17.1 Å². The lowest BCUT2D eigenvalue weighted by Gasteiger charge is -2.12. The van der Waals surface area contributed by atoms with Gasteiger partial charge in [-0.15, -0.1) is 10.2 Å². The van der Waals surface area contributed by atoms with Crippen molar-refractivity contribution in [1.29, 1.82) is 0 Å². The van der Waals surface area contributed by atoms with Crippen LogP contribution in [0.2, 0.25) is 0 Å². The van der Waals surface area contributed by atoms with Gasteiger partial charge in [0.05, 0.1) is 12.1 Å². The predicted molar refractivity (Wildman–Crippen MR) is 96.1 cm³/mol. The molecule has 0 amide bonds. The van der Waals surface area contributed by atoms with Gasteiger partial charge in [0, 0.05) is 0 Å². The molecule has 140 valence electrons. The third-order valence-electron chi connectivity index (χ3n) is 3.67. The van der Waals surface area contributed by atoms with Gasteiger partial charge < -0.3 is 14.6 Å². The quantitative estimate of drug-likeness (QED) is 0.605. The Bertz CT molecular complexity index is 865. The van der Waals surface area contributed by atoms with Gasteiger partial charge in [-0.1, -0.05) is 30.3 Å². The molecular weight excluding hydrogens is 348 g/mol. The molecule has 27 heavy (non-hydrogen) atoms. The number of aryl methyl sites for hydroxylation is 1. The molecule has 0 unspecified atom stereocenters. The minimum Gasteiger partial charge on any atom is -0.491 e. The second kappa shape index (κ2) is 8.91. The summed E-state index contributed by atoms with van der Waals surface area (Å²) < 4.78 is 10.8. The van der Waals surface area contributed by atoms with Gasteiger partial charge in [0.25, 0.3) is 0 Å². The van der Waals surface area contributed by atoms with E-state index < -0.39 is 12.1 Å². The predicted octanol–water partition coefficient (Wildman–Crippen LogP) is 1.78. The average molecular weight is 368 g/mol. The average Bonchev–Trinajstić information content (AvgIpc) is 3.10. The SMILES string of the molecule is Cc1nnn(C[C@@H](O)COc2ccc(C(=O)OCc3ccccc3)cc2)n1. The first-order valence-electron chi connectivity index (χ1n) is 8.46. The molecule has 3 rings (SSSR count). The van der Waals surface area contributed by atoms with Crippen LogP contribution in [0.25, 0.3) is 0 Å². The molecule has 0 aliphatic carbocycles. The number of aliphatic hydroxyl groups excluding tert-OH is 1. The first-order valence-corrected chi connectivity index (χ1v) is 8.46. The lowest BCUT2D eigenvalue weighted by Crippen LogP contribution is -2.25. The van der Waals surface area contributed by atoms with Crippen molar-refractivity contribution < 1.29 is 19.4 Å². The van der Waals surface area contributed by atoms with Gasteiger partial charge >= 0.3 is 5.97 Å². The van der Waals surface area contributed by atoms with E-state index in [0.717, 1.165) is 5.56 Å². The van der Waals surface area contributed by atoms with Gasteiger partial charge in [-0.3, -0.25) is 0 Å². The molecule has 0 fully saturated rings. The molecule has 8 nitrogen and oxygen atoms in total. The first-order chi connectivity index (χ1) is 13.1. The highest BCUT2D eigenvalue weighted by Gasteiger charge is 2.10. The van der Waals surface area contributed by atoms with Crippen LogP contribution < -0.4 is 4.74 Å². The molecule has 1 atom stereocenters. The second-order valence-corrected chi connectivity index (χ2v) is 5.94. The minimum absolute atomic E-state index is 0.0678. The second-order valence-electron chi connectivity index (χ2n) is 5.94. The lowest BCUT2D eigenvalue weighted by atomic mass is 10.2. The number of aromatic nitrogens is 4. The number of rotatable bonds is 8. The fourth-order valence-electron chi connectivity index (χ4n) is 2.33. The van der Waals surface area contributed by atoms with Crippen LogP contribution in [0, 0.1) is 6.92 Å². The Morgan fingerprint density at radius 1 is 1.15 bits per heavy atom. The van der Waals surface area contributed by atoms with Crippen LogP contribution in [0.4, 0.5) is 0 Å². The van der Waals surface area contributed by atoms with Gasteiger partial charge in [-0.2, -0.15) is 4.80 Å². The fraction of sp³-hybridized carbons (Fsp3) is 0.263. The molecule has 2 aromatic carbocycles. The zero-order valence-electron chi connectivity index (χ0n) is 14.9. The van der Waals surface area contributed by atoms with Crippen molar-refractivity contribution in [3.8, 4) is 5.75 Å². The summed E-state index contributed by atoms with van der Waals surface area (Å²) in [5.41, 5.74) is 1.36. The van der Waals surface area contributed by atoms with Crippen LogP contribution in [-0.4, -0.2) is 44.0 Å². The Labute approximate surface area is 156 Å². The Morgan fingerprint density at radius 2 is 1.89 bits per heavy atom. The van der Waals surface area contributed by atoms with E-state index in [2.05, 4.69) is 15.4 Å². The number of nitrogens with zero attached hydrogens (tertiary/aromatic N) is 4. The van der Waals surface area contributed by atoms with Crippen molar-refractivity contribution in [3.05, 3.63) is 71.5 Å². The standard InChI is InChI=1S/C19H20N4O4/c1-14-20-22-23(21-14)11-17(24)13-26-18-9-7-16(8-10-18)19(25)27-12-15-5-3-2-4-6-15/h2-10,17,24H,11-13H2,1H3/t17-/m1/s1. The molecule has 8 heteroatoms. The van der Waals surface area contributed by atoms with Crippen LogP contribution in [-0.2, 0) is 17.9 Å². The zero-order valence-corrected chi connectivity index (χ0v) is 14.9. The molecule has 1 aromatic heterocycles. The smallest absolute Gasteiger partial charge is 0.338 e. The Hall–Kier alpha value is -3.26. The van der Waals surface area contributed by atoms with Crippen molar-refractivity contribution in [2.45, 2.75) is 26.2 Å². The Balaban J connectivity index is 1.45. The van der Waals surface area contributed by atoms with Crippen molar-refractivity contribution in [2.75, 3.05) is 6.61 Å². The van der Waals surface area contributed by atoms with Gasteiger partial charge in [0.1, 0.15) is 25.1 Å². The van der Waals surface area contributed by atoms with Crippen LogP contribution in [0.15, 0.2) is 54.6 Å². The third-order valence-corrected chi connectivity index (χ3v) is 3.67. The van der Waals surface area contributed by atoms with E-state index in [1.807, 2.05) is 30.3 Å². The molecule has 0 aliphatic heterocycles. The van der Waals surface area contributed by atoms with Crippen molar-refractivity contribution >= 4 is 5.97 Å². The summed E-state index contributed by atoms with van der Waals surface area (Å²) in [5, 5.41) is 21.5. The summed E-state index contributed by atoms with van der Waals surface area (Å²) in [6, 6.07) is 16.0. The molecular formula is C19H20N4O4. The van der Waals surface area contributed by atoms with Gasteiger partial charge in [-0.25, -0.2) is 4.79 Å². The highest BCUT2D eigenvalue weighted by atomic mass is 16.5. The maximum Gasteiger partial charge on any atom is 0.338 e. The van der Waals surface area contributed by atoms with Gasteiger partial charge in [0.15, 0.2) is 5.82 Å². The lowest BCUT2D eigenvalue weighted by molar-refractivity contribution is 0.0472. The summed E-state index contributed by atoms with van der Waals surface area (Å²) in [6.07, 6.45) is -0.783. The number of esters is 1. The summed E-state index contributed by atoms with van der Waals surface area (Å²) in [7, 11) is 0. The maximum atomic E-state index is 12.1. The number of tetrazole rings is 1. The van der Waals surface area contributed by atoms with Crippen molar-refractivity contribution in [1.82, 2.24) is 20.2 Å². The Kier molecular flexibility index (Phi) is 6.11. The summed E-state index contributed by atoms with van der Waals surface area (Å²) in [5.74, 6) is 0.673. The first kappa shape index (κ1) is 18.5. The number of aliphatic hydroxyl groups is 1. The van der Waals surface area contributed by atoms with E-state index in [4.69, 9.17) is 9.47 Å². The summed E-state index contributed by atoms with van der Waals surface area (Å²) in [4.78, 5) is 13.4. The molecule has 1 heterocycles. The normalized spacial score (nSPS) is 11.8. The summed E-state index contributed by atoms with van der Waals surface area (Å²) >= 11 is 0. The number of hydrogen-bond donors (Lipinski definition) is 1. The highest BCUT2D eigenvalue weighted by Crippen LogP contribution is 2.14. The molecule has 3 aromatic rings. The van der Waals surface area contributed by atoms with Gasteiger partial charge in [0.2, 0.25) is 0 Å². The van der Waals surface area contributed by atoms with E-state index >= 15 is 0 Å². The van der Waals surface area contributed by atoms with E-state index in [1.54, 1.807) is 31.2 Å². The van der Waals surface area contributed by atoms with Gasteiger partial charge in [-0.05, 0) is 42.0 Å². The van der Waals surface area contributed by atoms with Crippen LogP contribution in [0.3, 0.4) is 0 Å². The van der Waals surface area contributed by atoms with Crippen LogP contribution in [0.5, 0.6) is 5.75 Å². The highest BCUT2D eigenvalue weighted by molar-refractivity contribution is 5.89. The van der Waals surface area contributed by atoms with E-state index in [-0.39, 0.29) is 19.8 Å². The Morgan fingerprint density at radius 3 is 2.56 bits per heavy atom. The molecule has 0 saturated carbocycles. The number of hydrogen-bond acceptors (Lipinski definition) is 7. The van der Waals surface area contributed by atoms with Crippen LogP contribution in [0.1, 0.15) is 21.7 Å². The van der Waals surface area contributed by atoms with Crippen molar-refractivity contribution in [3.63, 3.8) is 0 Å². The topological polar surface area (TPSA) is 99.4 Å². The van der Waals surface area contributed by atoms with E-state index in [1.165, 1.54) is 4.80 Å². The molecule has 0 aliphatic rings. The molecule has 0 saturated heterocycles. The minimum atomic E-state index is -0.783. The monoisotopic (exact) mass is 368 g/mol. The number of carbonyl (C=O) groups is 1. The largest absolute Gasteiger partial charge is 0.491 e. The maximum absolute atomic E-state index is 12.1. The fourth-order valence-corrected chi connectivity index (χ4v) is 2.33. The summed E-state index contributed by atoms with van der Waals surface area (Å²) in [6.45, 7) is 2.20. The number of carbonyl (C=O) groups excluding carboxylic acids is 1. The molecule has 0 spiro atoms. The molecule has 1 N–H and O–H groups in total. The number of benzene rings is 2. The van der Waals surface area contributed by atoms with Crippen LogP contribution >= 0.6 is 0 Å². The zero-order chi connectivity index (χ0) is 19.1.